The monoisotopic (exact) mass is 342 g/mol. The van der Waals surface area contributed by atoms with Crippen LogP contribution < -0.4 is 5.32 Å². The van der Waals surface area contributed by atoms with Gasteiger partial charge in [0, 0.05) is 38.8 Å². The first-order valence-electron chi connectivity index (χ1n) is 7.96. The first kappa shape index (κ1) is 16.7. The molecule has 23 heavy (non-hydrogen) atoms. The van der Waals surface area contributed by atoms with Gasteiger partial charge in [-0.1, -0.05) is 11.6 Å². The smallest absolute Gasteiger partial charge is 0.273 e. The number of hydrogen-bond acceptors (Lipinski definition) is 5. The molecule has 0 bridgehead atoms. The van der Waals surface area contributed by atoms with Crippen LogP contribution in [0.15, 0.2) is 0 Å². The molecule has 128 valence electrons. The average Bonchev–Trinajstić information content (AvgIpc) is 3.02. The molecule has 2 aliphatic heterocycles. The molecule has 8 heteroatoms. The Balaban J connectivity index is 1.59. The first-order valence-corrected chi connectivity index (χ1v) is 8.33. The van der Waals surface area contributed by atoms with E-state index in [1.807, 2.05) is 6.92 Å². The van der Waals surface area contributed by atoms with Crippen molar-refractivity contribution in [1.29, 1.82) is 0 Å². The van der Waals surface area contributed by atoms with Crippen molar-refractivity contribution in [2.24, 2.45) is 7.05 Å². The number of rotatable bonds is 4. The lowest BCUT2D eigenvalue weighted by Gasteiger charge is -2.34. The summed E-state index contributed by atoms with van der Waals surface area (Å²) >= 11 is 6.17. The summed E-state index contributed by atoms with van der Waals surface area (Å²) in [4.78, 5) is 14.7. The summed E-state index contributed by atoms with van der Waals surface area (Å²) < 4.78 is 7.37. The number of amides is 1. The third-order valence-corrected chi connectivity index (χ3v) is 5.21. The van der Waals surface area contributed by atoms with Crippen molar-refractivity contribution < 1.29 is 14.6 Å². The fourth-order valence-corrected chi connectivity index (χ4v) is 3.59. The maximum Gasteiger partial charge on any atom is 0.273 e. The summed E-state index contributed by atoms with van der Waals surface area (Å²) in [7, 11) is 1.77. The number of morpholine rings is 1. The molecule has 0 spiro atoms. The van der Waals surface area contributed by atoms with Gasteiger partial charge in [-0.2, -0.15) is 5.10 Å². The Morgan fingerprint density at radius 3 is 2.96 bits per heavy atom. The zero-order chi connectivity index (χ0) is 16.6. The molecule has 1 aromatic rings. The van der Waals surface area contributed by atoms with Gasteiger partial charge in [-0.3, -0.25) is 14.4 Å². The Bertz CT molecular complexity index is 592. The molecule has 0 aromatic carbocycles. The summed E-state index contributed by atoms with van der Waals surface area (Å²) in [5, 5.41) is 16.7. The van der Waals surface area contributed by atoms with Crippen LogP contribution in [0.5, 0.6) is 0 Å². The second kappa shape index (κ2) is 6.76. The van der Waals surface area contributed by atoms with E-state index in [1.165, 1.54) is 0 Å². The molecule has 1 amide bonds. The third-order valence-electron chi connectivity index (χ3n) is 4.75. The van der Waals surface area contributed by atoms with Gasteiger partial charge in [0.15, 0.2) is 5.69 Å². The second-order valence-electron chi connectivity index (χ2n) is 6.35. The summed E-state index contributed by atoms with van der Waals surface area (Å²) in [6.45, 7) is 4.23. The van der Waals surface area contributed by atoms with Crippen LogP contribution in [0.25, 0.3) is 0 Å². The molecule has 3 atom stereocenters. The number of ether oxygens (including phenoxy) is 1. The van der Waals surface area contributed by atoms with Crippen LogP contribution in [-0.4, -0.2) is 70.2 Å². The summed E-state index contributed by atoms with van der Waals surface area (Å²) in [6.07, 6.45) is 1.60. The molecule has 0 aliphatic carbocycles. The summed E-state index contributed by atoms with van der Waals surface area (Å²) in [6, 6.07) is 0.401. The van der Waals surface area contributed by atoms with Crippen molar-refractivity contribution in [3.8, 4) is 0 Å². The first-order chi connectivity index (χ1) is 11.0. The van der Waals surface area contributed by atoms with Gasteiger partial charge in [0.2, 0.25) is 0 Å². The maximum absolute atomic E-state index is 12.4. The predicted octanol–water partition coefficient (Wildman–Crippen LogP) is 0.336. The van der Waals surface area contributed by atoms with Crippen LogP contribution in [-0.2, 0) is 11.8 Å². The largest absolute Gasteiger partial charge is 0.396 e. The minimum atomic E-state index is -0.226. The van der Waals surface area contributed by atoms with E-state index < -0.39 is 0 Å². The summed E-state index contributed by atoms with van der Waals surface area (Å²) in [5.74, 6) is -0.226. The van der Waals surface area contributed by atoms with Crippen LogP contribution in [0, 0.1) is 6.92 Å². The average molecular weight is 343 g/mol. The van der Waals surface area contributed by atoms with Gasteiger partial charge in [-0.15, -0.1) is 0 Å². The number of aliphatic hydroxyl groups is 1. The fraction of sp³-hybridized carbons (Fsp3) is 0.733. The number of aromatic nitrogens is 2. The Morgan fingerprint density at radius 2 is 2.30 bits per heavy atom. The number of halogens is 1. The topological polar surface area (TPSA) is 79.6 Å². The fourth-order valence-electron chi connectivity index (χ4n) is 3.35. The molecule has 2 saturated heterocycles. The quantitative estimate of drug-likeness (QED) is 0.824. The number of aliphatic hydroxyl groups excluding tert-OH is 1. The van der Waals surface area contributed by atoms with Gasteiger partial charge in [0.05, 0.1) is 23.4 Å². The zero-order valence-electron chi connectivity index (χ0n) is 13.5. The Morgan fingerprint density at radius 1 is 1.52 bits per heavy atom. The van der Waals surface area contributed by atoms with Crippen LogP contribution >= 0.6 is 11.6 Å². The molecule has 7 nitrogen and oxygen atoms in total. The van der Waals surface area contributed by atoms with Crippen LogP contribution in [0.3, 0.4) is 0 Å². The Labute approximate surface area is 140 Å². The lowest BCUT2D eigenvalue weighted by Crippen LogP contribution is -2.46. The SMILES string of the molecule is Cc1c(Cl)c(C(=O)N[C@H]2C[C@H]3CO[C@@H](CCO)CN3C2)nn1C. The standard InChI is InChI=1S/C15H23ClN4O3/c1-9-13(16)14(18-19(9)2)15(22)17-10-5-11-8-23-12(3-4-21)7-20(11)6-10/h10-12,21H,3-8H2,1-2H3,(H,17,22)/t10-,11-,12-/m0/s1. The zero-order valence-corrected chi connectivity index (χ0v) is 14.2. The number of carbonyl (C=O) groups excluding carboxylic acids is 1. The highest BCUT2D eigenvalue weighted by Gasteiger charge is 2.38. The minimum Gasteiger partial charge on any atom is -0.396 e. The highest BCUT2D eigenvalue weighted by molar-refractivity contribution is 6.34. The molecule has 2 aliphatic rings. The molecule has 2 N–H and O–H groups in total. The molecule has 3 rings (SSSR count). The maximum atomic E-state index is 12.4. The highest BCUT2D eigenvalue weighted by Crippen LogP contribution is 2.25. The molecule has 1 aromatic heterocycles. The van der Waals surface area contributed by atoms with Crippen molar-refractivity contribution in [3.63, 3.8) is 0 Å². The van der Waals surface area contributed by atoms with Gasteiger partial charge in [-0.05, 0) is 19.8 Å². The second-order valence-corrected chi connectivity index (χ2v) is 6.73. The van der Waals surface area contributed by atoms with E-state index in [4.69, 9.17) is 21.4 Å². The van der Waals surface area contributed by atoms with Gasteiger partial charge >= 0.3 is 0 Å². The van der Waals surface area contributed by atoms with Crippen LogP contribution in [0.4, 0.5) is 0 Å². The third kappa shape index (κ3) is 3.38. The molecular formula is C15H23ClN4O3. The highest BCUT2D eigenvalue weighted by atomic mass is 35.5. The Hall–Kier alpha value is -1.15. The number of nitrogens with one attached hydrogen (secondary N) is 1. The lowest BCUT2D eigenvalue weighted by molar-refractivity contribution is -0.0566. The van der Waals surface area contributed by atoms with Crippen LogP contribution in [0.2, 0.25) is 5.02 Å². The van der Waals surface area contributed by atoms with E-state index in [9.17, 15) is 4.79 Å². The molecular weight excluding hydrogens is 320 g/mol. The normalized spacial score (nSPS) is 27.9. The van der Waals surface area contributed by atoms with E-state index in [2.05, 4.69) is 15.3 Å². The number of carbonyl (C=O) groups is 1. The molecule has 0 saturated carbocycles. The predicted molar refractivity (Wildman–Crippen MR) is 85.6 cm³/mol. The molecule has 0 unspecified atom stereocenters. The molecule has 0 radical (unpaired) electrons. The number of nitrogens with zero attached hydrogens (tertiary/aromatic N) is 3. The van der Waals surface area contributed by atoms with E-state index in [-0.39, 0.29) is 30.4 Å². The van der Waals surface area contributed by atoms with E-state index >= 15 is 0 Å². The molecule has 3 heterocycles. The minimum absolute atomic E-state index is 0.0716. The van der Waals surface area contributed by atoms with Crippen molar-refractivity contribution in [2.45, 2.75) is 38.0 Å². The summed E-state index contributed by atoms with van der Waals surface area (Å²) in [5.41, 5.74) is 1.06. The van der Waals surface area contributed by atoms with Crippen LogP contribution in [0.1, 0.15) is 29.0 Å². The van der Waals surface area contributed by atoms with E-state index in [0.29, 0.717) is 24.1 Å². The van der Waals surface area contributed by atoms with Crippen molar-refractivity contribution >= 4 is 17.5 Å². The van der Waals surface area contributed by atoms with Crippen molar-refractivity contribution in [3.05, 3.63) is 16.4 Å². The van der Waals surface area contributed by atoms with E-state index in [1.54, 1.807) is 11.7 Å². The van der Waals surface area contributed by atoms with Gasteiger partial charge in [-0.25, -0.2) is 0 Å². The van der Waals surface area contributed by atoms with Gasteiger partial charge in [0.25, 0.3) is 5.91 Å². The number of hydrogen-bond donors (Lipinski definition) is 2. The lowest BCUT2D eigenvalue weighted by atomic mass is 10.1. The van der Waals surface area contributed by atoms with E-state index in [0.717, 1.165) is 25.2 Å². The number of aryl methyl sites for hydroxylation is 1. The van der Waals surface area contributed by atoms with Crippen molar-refractivity contribution in [2.75, 3.05) is 26.3 Å². The van der Waals surface area contributed by atoms with Gasteiger partial charge in [0.1, 0.15) is 0 Å². The Kier molecular flexibility index (Phi) is 4.91. The number of fused-ring (bicyclic) bond motifs is 1. The molecule has 2 fully saturated rings. The van der Waals surface area contributed by atoms with Gasteiger partial charge < -0.3 is 15.2 Å². The van der Waals surface area contributed by atoms with Crippen molar-refractivity contribution in [1.82, 2.24) is 20.0 Å².